The summed E-state index contributed by atoms with van der Waals surface area (Å²) in [6, 6.07) is 0.837. The first-order valence-electron chi connectivity index (χ1n) is 12.6. The van der Waals surface area contributed by atoms with E-state index in [1.807, 2.05) is 0 Å². The second-order valence-corrected chi connectivity index (χ2v) is 11.8. The van der Waals surface area contributed by atoms with Crippen molar-refractivity contribution in [2.75, 3.05) is 19.4 Å². The fourth-order valence-electron chi connectivity index (χ4n) is 6.21. The maximum Gasteiger partial charge on any atom is 0.319 e. The number of primary amides is 1. The highest BCUT2D eigenvalue weighted by atomic mass is 16.4. The zero-order valence-electron chi connectivity index (χ0n) is 22.9. The number of hydrogen-bond acceptors (Lipinski definition) is 10. The Morgan fingerprint density at radius 3 is 2.23 bits per heavy atom. The molecule has 1 fully saturated rings. The molecule has 13 nitrogen and oxygen atoms in total. The number of hydrogen-bond donors (Lipinski definition) is 8. The molecule has 216 valence electrons. The fraction of sp³-hybridized carbons (Fsp3) is 0.481. The number of aliphatic hydroxyl groups excluding tert-OH is 3. The summed E-state index contributed by atoms with van der Waals surface area (Å²) in [7, 11) is 2.87. The number of nitrogens with one attached hydrogen (secondary N) is 2. The lowest BCUT2D eigenvalue weighted by Gasteiger charge is -2.53. The van der Waals surface area contributed by atoms with E-state index in [2.05, 4.69) is 10.6 Å². The number of aliphatic hydroxyl groups is 4. The molecule has 3 amide bonds. The number of nitrogens with zero attached hydrogens (tertiary/aromatic N) is 1. The van der Waals surface area contributed by atoms with Gasteiger partial charge in [0.1, 0.15) is 22.8 Å². The molecule has 1 saturated carbocycles. The molecule has 3 aliphatic rings. The Kier molecular flexibility index (Phi) is 6.77. The molecule has 0 heterocycles. The minimum Gasteiger partial charge on any atom is -0.508 e. The summed E-state index contributed by atoms with van der Waals surface area (Å²) in [6.45, 7) is 6.88. The van der Waals surface area contributed by atoms with Gasteiger partial charge in [0.15, 0.2) is 11.4 Å². The van der Waals surface area contributed by atoms with E-state index < -0.39 is 93.0 Å². The minimum atomic E-state index is -3.00. The summed E-state index contributed by atoms with van der Waals surface area (Å²) in [5.74, 6) is -9.86. The van der Waals surface area contributed by atoms with Crippen LogP contribution in [-0.2, 0) is 14.4 Å². The number of carbonyl (C=O) groups is 4. The number of likely N-dealkylation sites (N-methyl/N-ethyl adjacent to an activating group) is 1. The molecule has 1 aromatic rings. The number of ketones is 2. The van der Waals surface area contributed by atoms with Gasteiger partial charge in [-0.2, -0.15) is 0 Å². The lowest BCUT2D eigenvalue weighted by molar-refractivity contribution is -0.169. The highest BCUT2D eigenvalue weighted by molar-refractivity contribution is 6.24. The van der Waals surface area contributed by atoms with Gasteiger partial charge in [-0.3, -0.25) is 19.3 Å². The van der Waals surface area contributed by atoms with E-state index in [1.54, 1.807) is 27.7 Å². The van der Waals surface area contributed by atoms with Gasteiger partial charge in [0.05, 0.1) is 29.3 Å². The van der Waals surface area contributed by atoms with Crippen molar-refractivity contribution < 1.29 is 44.7 Å². The van der Waals surface area contributed by atoms with Crippen LogP contribution in [0.25, 0.3) is 5.76 Å². The van der Waals surface area contributed by atoms with E-state index in [0.29, 0.717) is 5.56 Å². The minimum absolute atomic E-state index is 0.0895. The molecule has 0 aliphatic heterocycles. The van der Waals surface area contributed by atoms with Crippen LogP contribution in [0.15, 0.2) is 29.0 Å². The number of aromatic hydroxyl groups is 1. The molecule has 0 unspecified atom stereocenters. The summed E-state index contributed by atoms with van der Waals surface area (Å²) in [5.41, 5.74) is 0.237. The number of nitrogens with two attached hydrogens (primary N) is 1. The van der Waals surface area contributed by atoms with Gasteiger partial charge in [-0.25, -0.2) is 4.79 Å². The largest absolute Gasteiger partial charge is 0.508 e. The number of carbonyl (C=O) groups excluding carboxylic acids is 4. The molecule has 1 aromatic carbocycles. The maximum absolute atomic E-state index is 14.0. The van der Waals surface area contributed by atoms with Crippen LogP contribution in [-0.4, -0.2) is 91.3 Å². The van der Waals surface area contributed by atoms with Gasteiger partial charge in [-0.05, 0) is 52.4 Å². The van der Waals surface area contributed by atoms with Gasteiger partial charge >= 0.3 is 6.03 Å². The highest BCUT2D eigenvalue weighted by Crippen LogP contribution is 2.56. The fourth-order valence-corrected chi connectivity index (χ4v) is 6.21. The van der Waals surface area contributed by atoms with Crippen LogP contribution in [0, 0.1) is 11.8 Å². The standard InChI is InChI=1S/C27H34N4O9/c1-9-10-7-8-11(29-25(39)30-26(2,3)4)18(32)13(10)19(33)14-12(9)20(34)16-17(31(5)6)21(35)15(24(28)38)23(37)27(16,40)22(14)36/h7-9,12,16-17,20,32-34,37,40H,1-6H3,(H2,28,38)(H2,29,30,39)/t9-,12+,16+,17+,20-,27+/m0/s1. The second kappa shape index (κ2) is 9.32. The highest BCUT2D eigenvalue weighted by Gasteiger charge is 2.68. The summed E-state index contributed by atoms with van der Waals surface area (Å²) in [5, 5.41) is 61.9. The average Bonchev–Trinajstić information content (AvgIpc) is 2.81. The average molecular weight is 559 g/mol. The Hall–Kier alpha value is -3.94. The van der Waals surface area contributed by atoms with Crippen molar-refractivity contribution in [1.29, 1.82) is 0 Å². The van der Waals surface area contributed by atoms with E-state index >= 15 is 0 Å². The maximum atomic E-state index is 14.0. The Morgan fingerprint density at radius 1 is 1.10 bits per heavy atom. The Balaban J connectivity index is 1.93. The topological polar surface area (TPSA) is 223 Å². The third-order valence-corrected chi connectivity index (χ3v) is 7.87. The molecule has 6 atom stereocenters. The number of Topliss-reactive ketones (excluding diaryl/α,β-unsaturated/α-hetero) is 2. The number of phenols is 1. The summed E-state index contributed by atoms with van der Waals surface area (Å²) < 4.78 is 0. The van der Waals surface area contributed by atoms with Crippen LogP contribution < -0.4 is 16.4 Å². The zero-order valence-corrected chi connectivity index (χ0v) is 22.9. The van der Waals surface area contributed by atoms with Crippen LogP contribution in [0.4, 0.5) is 10.5 Å². The van der Waals surface area contributed by atoms with Gasteiger partial charge in [0.2, 0.25) is 5.78 Å². The van der Waals surface area contributed by atoms with Crippen LogP contribution in [0.5, 0.6) is 5.75 Å². The van der Waals surface area contributed by atoms with Crippen molar-refractivity contribution in [2.45, 2.75) is 56.9 Å². The molecule has 13 heteroatoms. The number of rotatable bonds is 3. The SMILES string of the molecule is C[C@H]1c2ccc(NC(=O)NC(C)(C)C)c(O)c2C(O)=C2C(=O)[C@@]3(O)C(O)=C(C(N)=O)C(=O)[C@H](N(C)C)[C@@H]3[C@@H](O)[C@@H]21. The first kappa shape index (κ1) is 29.1. The van der Waals surface area contributed by atoms with E-state index in [1.165, 1.54) is 31.1 Å². The quantitative estimate of drug-likeness (QED) is 0.188. The Labute approximate surface area is 230 Å². The number of urea groups is 1. The van der Waals surface area contributed by atoms with E-state index in [0.717, 1.165) is 0 Å². The molecule has 0 radical (unpaired) electrons. The van der Waals surface area contributed by atoms with E-state index in [4.69, 9.17) is 5.73 Å². The number of amides is 3. The third kappa shape index (κ3) is 4.03. The van der Waals surface area contributed by atoms with Crippen molar-refractivity contribution >= 4 is 35.0 Å². The van der Waals surface area contributed by atoms with Crippen molar-refractivity contribution in [3.8, 4) is 5.75 Å². The lowest BCUT2D eigenvalue weighted by Crippen LogP contribution is -2.70. The Morgan fingerprint density at radius 2 is 1.70 bits per heavy atom. The van der Waals surface area contributed by atoms with Crippen molar-refractivity contribution in [1.82, 2.24) is 10.2 Å². The molecule has 40 heavy (non-hydrogen) atoms. The molecular formula is C27H34N4O9. The van der Waals surface area contributed by atoms with Crippen LogP contribution in [0.3, 0.4) is 0 Å². The van der Waals surface area contributed by atoms with Gasteiger partial charge in [0, 0.05) is 17.0 Å². The zero-order chi connectivity index (χ0) is 30.2. The molecule has 0 aromatic heterocycles. The number of fused-ring (bicyclic) bond motifs is 3. The molecular weight excluding hydrogens is 524 g/mol. The predicted octanol–water partition coefficient (Wildman–Crippen LogP) is 0.416. The molecule has 3 aliphatic carbocycles. The predicted molar refractivity (Wildman–Crippen MR) is 142 cm³/mol. The van der Waals surface area contributed by atoms with Gasteiger partial charge in [0.25, 0.3) is 5.91 Å². The Bertz CT molecular complexity index is 1410. The smallest absolute Gasteiger partial charge is 0.319 e. The molecule has 0 bridgehead atoms. The molecule has 0 saturated heterocycles. The first-order chi connectivity index (χ1) is 18.4. The normalized spacial score (nSPS) is 30.1. The second-order valence-electron chi connectivity index (χ2n) is 11.8. The summed E-state index contributed by atoms with van der Waals surface area (Å²) >= 11 is 0. The number of phenolic OH excluding ortho intramolecular Hbond substituents is 1. The summed E-state index contributed by atoms with van der Waals surface area (Å²) in [4.78, 5) is 53.0. The van der Waals surface area contributed by atoms with Gasteiger partial charge < -0.3 is 41.9 Å². The monoisotopic (exact) mass is 558 g/mol. The number of anilines is 1. The van der Waals surface area contributed by atoms with E-state index in [9.17, 15) is 44.7 Å². The van der Waals surface area contributed by atoms with Crippen molar-refractivity contribution in [2.24, 2.45) is 17.6 Å². The molecule has 0 spiro atoms. The first-order valence-corrected chi connectivity index (χ1v) is 12.6. The van der Waals surface area contributed by atoms with Crippen molar-refractivity contribution in [3.05, 3.63) is 40.2 Å². The van der Waals surface area contributed by atoms with Crippen LogP contribution >= 0.6 is 0 Å². The lowest BCUT2D eigenvalue weighted by atomic mass is 9.54. The third-order valence-electron chi connectivity index (χ3n) is 7.87. The van der Waals surface area contributed by atoms with Crippen LogP contribution in [0.1, 0.15) is 44.7 Å². The number of benzene rings is 1. The molecule has 4 rings (SSSR count). The van der Waals surface area contributed by atoms with Gasteiger partial charge in [-0.15, -0.1) is 0 Å². The van der Waals surface area contributed by atoms with E-state index in [-0.39, 0.29) is 11.3 Å². The van der Waals surface area contributed by atoms with Crippen molar-refractivity contribution in [3.63, 3.8) is 0 Å². The summed E-state index contributed by atoms with van der Waals surface area (Å²) in [6.07, 6.45) is -1.69. The van der Waals surface area contributed by atoms with Gasteiger partial charge in [-0.1, -0.05) is 13.0 Å². The van der Waals surface area contributed by atoms with Crippen LogP contribution in [0.2, 0.25) is 0 Å². The molecule has 9 N–H and O–H groups in total.